The van der Waals surface area contributed by atoms with Crippen molar-refractivity contribution in [3.63, 3.8) is 0 Å². The summed E-state index contributed by atoms with van der Waals surface area (Å²) in [5.74, 6) is 0.739. The van der Waals surface area contributed by atoms with Crippen molar-refractivity contribution in [2.45, 2.75) is 6.92 Å². The molecule has 5 heteroatoms. The Bertz CT molecular complexity index is 590. The number of nitrogen functional groups attached to an aromatic ring is 1. The molecule has 0 amide bonds. The van der Waals surface area contributed by atoms with Crippen LogP contribution in [0, 0.1) is 0 Å². The van der Waals surface area contributed by atoms with Gasteiger partial charge in [0.2, 0.25) is 0 Å². The maximum absolute atomic E-state index is 6.06. The molecule has 0 heterocycles. The Hall–Kier alpha value is -1.39. The van der Waals surface area contributed by atoms with E-state index in [9.17, 15) is 0 Å². The summed E-state index contributed by atoms with van der Waals surface area (Å²) in [6.07, 6.45) is 0. The van der Waals surface area contributed by atoms with Gasteiger partial charge < -0.3 is 15.8 Å². The van der Waals surface area contributed by atoms with Crippen LogP contribution in [0.3, 0.4) is 0 Å². The minimum absolute atomic E-state index is 0.601. The first-order chi connectivity index (χ1) is 9.10. The third-order valence-electron chi connectivity index (χ3n) is 2.47. The average molecular weight is 342 g/mol. The summed E-state index contributed by atoms with van der Waals surface area (Å²) < 4.78 is 6.28. The Morgan fingerprint density at radius 1 is 1.32 bits per heavy atom. The summed E-state index contributed by atoms with van der Waals surface area (Å²) in [5.41, 5.74) is 8.23. The first kappa shape index (κ1) is 14.0. The lowest BCUT2D eigenvalue weighted by Gasteiger charge is -2.12. The minimum Gasteiger partial charge on any atom is -0.494 e. The van der Waals surface area contributed by atoms with Gasteiger partial charge in [0.05, 0.1) is 21.8 Å². The monoisotopic (exact) mass is 340 g/mol. The van der Waals surface area contributed by atoms with Crippen molar-refractivity contribution in [3.8, 4) is 5.75 Å². The van der Waals surface area contributed by atoms with E-state index in [-0.39, 0.29) is 0 Å². The molecule has 0 saturated heterocycles. The van der Waals surface area contributed by atoms with Gasteiger partial charge in [-0.15, -0.1) is 0 Å². The van der Waals surface area contributed by atoms with Crippen LogP contribution < -0.4 is 15.8 Å². The highest BCUT2D eigenvalue weighted by Crippen LogP contribution is 2.33. The molecule has 0 unspecified atom stereocenters. The maximum atomic E-state index is 6.06. The lowest BCUT2D eigenvalue weighted by atomic mass is 10.2. The molecule has 19 heavy (non-hydrogen) atoms. The number of anilines is 3. The van der Waals surface area contributed by atoms with E-state index in [1.165, 1.54) is 0 Å². The fraction of sp³-hybridized carbons (Fsp3) is 0.143. The molecule has 0 radical (unpaired) electrons. The van der Waals surface area contributed by atoms with Gasteiger partial charge >= 0.3 is 0 Å². The molecular formula is C14H14BrClN2O. The van der Waals surface area contributed by atoms with E-state index >= 15 is 0 Å². The van der Waals surface area contributed by atoms with Crippen LogP contribution in [0.2, 0.25) is 5.02 Å². The fourth-order valence-corrected chi connectivity index (χ4v) is 2.24. The quantitative estimate of drug-likeness (QED) is 0.783. The van der Waals surface area contributed by atoms with Crippen LogP contribution >= 0.6 is 27.5 Å². The number of hydrogen-bond donors (Lipinski definition) is 2. The van der Waals surface area contributed by atoms with Crippen molar-refractivity contribution in [1.29, 1.82) is 0 Å². The van der Waals surface area contributed by atoms with E-state index < -0.39 is 0 Å². The van der Waals surface area contributed by atoms with E-state index in [1.807, 2.05) is 37.3 Å². The van der Waals surface area contributed by atoms with Crippen molar-refractivity contribution in [2.24, 2.45) is 0 Å². The van der Waals surface area contributed by atoms with Gasteiger partial charge in [-0.25, -0.2) is 0 Å². The van der Waals surface area contributed by atoms with Crippen LogP contribution in [-0.2, 0) is 0 Å². The number of rotatable bonds is 4. The summed E-state index contributed by atoms with van der Waals surface area (Å²) in [6.45, 7) is 2.54. The predicted octanol–water partition coefficient (Wildman–Crippen LogP) is 4.83. The highest BCUT2D eigenvalue weighted by Gasteiger charge is 2.05. The number of benzene rings is 2. The van der Waals surface area contributed by atoms with Crippen LogP contribution in [0.4, 0.5) is 17.1 Å². The van der Waals surface area contributed by atoms with E-state index in [4.69, 9.17) is 22.1 Å². The third-order valence-corrected chi connectivity index (χ3v) is 3.87. The van der Waals surface area contributed by atoms with Crippen LogP contribution in [-0.4, -0.2) is 6.61 Å². The molecule has 3 N–H and O–H groups in total. The molecule has 2 aromatic rings. The van der Waals surface area contributed by atoms with Gasteiger partial charge in [-0.05, 0) is 41.1 Å². The number of nitrogens with two attached hydrogens (primary N) is 1. The molecule has 0 bridgehead atoms. The molecule has 100 valence electrons. The highest BCUT2D eigenvalue weighted by molar-refractivity contribution is 9.10. The van der Waals surface area contributed by atoms with E-state index in [0.29, 0.717) is 17.3 Å². The lowest BCUT2D eigenvalue weighted by Crippen LogP contribution is -1.97. The number of halogens is 2. The molecule has 0 aliphatic carbocycles. The second-order valence-corrected chi connectivity index (χ2v) is 5.15. The van der Waals surface area contributed by atoms with E-state index in [2.05, 4.69) is 21.2 Å². The number of hydrogen-bond acceptors (Lipinski definition) is 3. The number of ether oxygens (including phenoxy) is 1. The SMILES string of the molecule is CCOc1cc(N)cc(Nc2cccc(Cl)c2Br)c1. The average Bonchev–Trinajstić information content (AvgIpc) is 2.35. The van der Waals surface area contributed by atoms with Crippen molar-refractivity contribution >= 4 is 44.6 Å². The molecular weight excluding hydrogens is 328 g/mol. The zero-order valence-corrected chi connectivity index (χ0v) is 12.8. The van der Waals surface area contributed by atoms with E-state index in [1.54, 1.807) is 6.07 Å². The zero-order valence-electron chi connectivity index (χ0n) is 10.4. The fourth-order valence-electron chi connectivity index (χ4n) is 1.70. The smallest absolute Gasteiger partial charge is 0.123 e. The molecule has 3 nitrogen and oxygen atoms in total. The summed E-state index contributed by atoms with van der Waals surface area (Å²) >= 11 is 9.50. The molecule has 0 fully saturated rings. The molecule has 2 aromatic carbocycles. The van der Waals surface area contributed by atoms with Crippen molar-refractivity contribution in [2.75, 3.05) is 17.7 Å². The zero-order chi connectivity index (χ0) is 13.8. The summed E-state index contributed by atoms with van der Waals surface area (Å²) in [6, 6.07) is 11.2. The molecule has 0 spiro atoms. The van der Waals surface area contributed by atoms with Crippen molar-refractivity contribution in [3.05, 3.63) is 45.9 Å². The van der Waals surface area contributed by atoms with Gasteiger partial charge in [0.25, 0.3) is 0 Å². The highest BCUT2D eigenvalue weighted by atomic mass is 79.9. The topological polar surface area (TPSA) is 47.3 Å². The maximum Gasteiger partial charge on any atom is 0.123 e. The van der Waals surface area contributed by atoms with Crippen molar-refractivity contribution < 1.29 is 4.74 Å². The molecule has 0 saturated carbocycles. The third kappa shape index (κ3) is 3.55. The summed E-state index contributed by atoms with van der Waals surface area (Å²) in [5, 5.41) is 3.91. The molecule has 0 atom stereocenters. The minimum atomic E-state index is 0.601. The normalized spacial score (nSPS) is 10.3. The van der Waals surface area contributed by atoms with Gasteiger partial charge in [-0.3, -0.25) is 0 Å². The molecule has 0 aromatic heterocycles. The summed E-state index contributed by atoms with van der Waals surface area (Å²) in [7, 11) is 0. The Balaban J connectivity index is 2.30. The van der Waals surface area contributed by atoms with Gasteiger partial charge in [0.15, 0.2) is 0 Å². The van der Waals surface area contributed by atoms with Crippen LogP contribution in [0.5, 0.6) is 5.75 Å². The van der Waals surface area contributed by atoms with Crippen molar-refractivity contribution in [1.82, 2.24) is 0 Å². The number of nitrogens with one attached hydrogen (secondary N) is 1. The molecule has 0 aliphatic heterocycles. The van der Waals surface area contributed by atoms with Gasteiger partial charge in [-0.1, -0.05) is 17.7 Å². The molecule has 2 rings (SSSR count). The predicted molar refractivity (Wildman–Crippen MR) is 84.5 cm³/mol. The van der Waals surface area contributed by atoms with Crippen LogP contribution in [0.25, 0.3) is 0 Å². The molecule has 0 aliphatic rings. The Morgan fingerprint density at radius 3 is 2.84 bits per heavy atom. The lowest BCUT2D eigenvalue weighted by molar-refractivity contribution is 0.340. The summed E-state index contributed by atoms with van der Waals surface area (Å²) in [4.78, 5) is 0. The van der Waals surface area contributed by atoms with Crippen LogP contribution in [0.1, 0.15) is 6.92 Å². The van der Waals surface area contributed by atoms with E-state index in [0.717, 1.165) is 21.6 Å². The Labute approximate surface area is 125 Å². The van der Waals surface area contributed by atoms with Crippen LogP contribution in [0.15, 0.2) is 40.9 Å². The van der Waals surface area contributed by atoms with Gasteiger partial charge in [0, 0.05) is 23.5 Å². The Morgan fingerprint density at radius 2 is 2.11 bits per heavy atom. The standard InChI is InChI=1S/C14H14BrClN2O/c1-2-19-11-7-9(17)6-10(8-11)18-13-5-3-4-12(16)14(13)15/h3-8,18H,2,17H2,1H3. The van der Waals surface area contributed by atoms with Gasteiger partial charge in [-0.2, -0.15) is 0 Å². The second-order valence-electron chi connectivity index (χ2n) is 3.95. The Kier molecular flexibility index (Phi) is 4.56. The first-order valence-electron chi connectivity index (χ1n) is 5.84. The first-order valence-corrected chi connectivity index (χ1v) is 7.01. The second kappa shape index (κ2) is 6.17. The van der Waals surface area contributed by atoms with Gasteiger partial charge in [0.1, 0.15) is 5.75 Å². The largest absolute Gasteiger partial charge is 0.494 e.